The summed E-state index contributed by atoms with van der Waals surface area (Å²) in [5.74, 6) is -2.26. The van der Waals surface area contributed by atoms with Gasteiger partial charge in [0.1, 0.15) is 40.9 Å². The number of pyridine rings is 1. The number of hydrogen-bond donors (Lipinski definition) is 4. The van der Waals surface area contributed by atoms with Gasteiger partial charge >= 0.3 is 6.09 Å². The Morgan fingerprint density at radius 3 is 2.67 bits per heavy atom. The van der Waals surface area contributed by atoms with Crippen LogP contribution in [0.1, 0.15) is 52.4 Å². The van der Waals surface area contributed by atoms with E-state index in [2.05, 4.69) is 15.6 Å². The molecule has 51 heavy (non-hydrogen) atoms. The van der Waals surface area contributed by atoms with Crippen molar-refractivity contribution in [3.05, 3.63) is 42.6 Å². The lowest BCUT2D eigenvalue weighted by molar-refractivity contribution is -0.144. The average molecular weight is 732 g/mol. The normalized spacial score (nSPS) is 30.5. The zero-order valence-electron chi connectivity index (χ0n) is 28.5. The second-order valence-corrected chi connectivity index (χ2v) is 15.9. The van der Waals surface area contributed by atoms with Crippen LogP contribution in [-0.4, -0.2) is 108 Å². The summed E-state index contributed by atoms with van der Waals surface area (Å²) >= 11 is 0. The number of sulfonamides is 1. The van der Waals surface area contributed by atoms with Gasteiger partial charge in [-0.15, -0.1) is 0 Å². The van der Waals surface area contributed by atoms with Crippen molar-refractivity contribution in [3.63, 3.8) is 0 Å². The predicted octanol–water partition coefficient (Wildman–Crippen LogP) is 2.19. The molecule has 0 radical (unpaired) electrons. The molecule has 1 aromatic carbocycles. The van der Waals surface area contributed by atoms with E-state index in [1.54, 1.807) is 63.6 Å². The van der Waals surface area contributed by atoms with Crippen LogP contribution >= 0.6 is 0 Å². The summed E-state index contributed by atoms with van der Waals surface area (Å²) in [6.45, 7) is 2.04. The number of ether oxygens (including phenoxy) is 3. The summed E-state index contributed by atoms with van der Waals surface area (Å²) in [5.41, 5.74) is -1.69. The van der Waals surface area contributed by atoms with Crippen LogP contribution in [0.2, 0.25) is 0 Å². The van der Waals surface area contributed by atoms with Crippen molar-refractivity contribution in [1.29, 1.82) is 0 Å². The van der Waals surface area contributed by atoms with Gasteiger partial charge in [0, 0.05) is 23.9 Å². The zero-order chi connectivity index (χ0) is 36.7. The number of hydrogen-bond acceptors (Lipinski definition) is 10. The first-order chi connectivity index (χ1) is 24.2. The Morgan fingerprint density at radius 1 is 1.22 bits per heavy atom. The van der Waals surface area contributed by atoms with Crippen LogP contribution in [0.4, 0.5) is 9.18 Å². The number of amides is 4. The summed E-state index contributed by atoms with van der Waals surface area (Å²) in [6, 6.07) is 4.40. The quantitative estimate of drug-likeness (QED) is 0.290. The van der Waals surface area contributed by atoms with Crippen molar-refractivity contribution in [1.82, 2.24) is 25.2 Å². The van der Waals surface area contributed by atoms with E-state index in [-0.39, 0.29) is 38.1 Å². The van der Waals surface area contributed by atoms with Gasteiger partial charge in [0.2, 0.25) is 27.7 Å². The highest BCUT2D eigenvalue weighted by Crippen LogP contribution is 2.48. The van der Waals surface area contributed by atoms with E-state index in [9.17, 15) is 37.1 Å². The van der Waals surface area contributed by atoms with Crippen LogP contribution in [0.15, 0.2) is 42.6 Å². The van der Waals surface area contributed by atoms with Gasteiger partial charge in [-0.05, 0) is 75.6 Å². The molecule has 2 aliphatic carbocycles. The number of benzene rings is 1. The summed E-state index contributed by atoms with van der Waals surface area (Å²) in [7, 11) is -2.85. The summed E-state index contributed by atoms with van der Waals surface area (Å²) in [4.78, 5) is 59.6. The fourth-order valence-electron chi connectivity index (χ4n) is 6.90. The Kier molecular flexibility index (Phi) is 9.89. The van der Waals surface area contributed by atoms with Crippen LogP contribution in [0.25, 0.3) is 10.8 Å². The van der Waals surface area contributed by atoms with Crippen LogP contribution in [0, 0.1) is 5.92 Å². The molecule has 0 unspecified atom stereocenters. The van der Waals surface area contributed by atoms with Crippen LogP contribution in [0.5, 0.6) is 11.6 Å². The zero-order valence-corrected chi connectivity index (χ0v) is 29.3. The molecule has 2 aromatic rings. The van der Waals surface area contributed by atoms with Crippen molar-refractivity contribution in [2.45, 2.75) is 93.1 Å². The van der Waals surface area contributed by atoms with E-state index in [4.69, 9.17) is 14.2 Å². The fraction of sp³-hybridized carbons (Fsp3) is 0.559. The number of carbonyl (C=O) groups excluding carboxylic acids is 3. The molecule has 276 valence electrons. The van der Waals surface area contributed by atoms with E-state index in [0.29, 0.717) is 24.0 Å². The van der Waals surface area contributed by atoms with Crippen molar-refractivity contribution < 1.29 is 51.3 Å². The second-order valence-electron chi connectivity index (χ2n) is 13.8. The number of fused-ring (bicyclic) bond motifs is 3. The number of rotatable bonds is 8. The molecule has 3 heterocycles. The van der Waals surface area contributed by atoms with Gasteiger partial charge in [-0.25, -0.2) is 22.6 Å². The van der Waals surface area contributed by atoms with Crippen LogP contribution in [0.3, 0.4) is 0 Å². The Morgan fingerprint density at radius 2 is 1.98 bits per heavy atom. The molecule has 2 aliphatic heterocycles. The maximum Gasteiger partial charge on any atom is 0.405 e. The number of alkyl halides is 1. The molecule has 1 aromatic heterocycles. The first-order valence-corrected chi connectivity index (χ1v) is 18.4. The Labute approximate surface area is 294 Å². The van der Waals surface area contributed by atoms with Gasteiger partial charge in [-0.2, -0.15) is 0 Å². The SMILES string of the molecule is COc1ccc2c(O[C@@H]3C[C@H]4C(=O)N[C@]5(C(=O)NS(=O)(=O)C6(CF)CC6)C[C@H]5C=CCC[C@@H](C)O[C@@H](C)[C@H](NC(=O)O)C(=O)N4C3)nccc2c1. The minimum Gasteiger partial charge on any atom is -0.497 e. The topological polar surface area (TPSA) is 203 Å². The van der Waals surface area contributed by atoms with Crippen molar-refractivity contribution in [2.24, 2.45) is 5.92 Å². The van der Waals surface area contributed by atoms with E-state index >= 15 is 0 Å². The van der Waals surface area contributed by atoms with Gasteiger partial charge in [-0.3, -0.25) is 19.1 Å². The summed E-state index contributed by atoms with van der Waals surface area (Å²) in [6.07, 6.45) is 2.54. The minimum atomic E-state index is -4.40. The van der Waals surface area contributed by atoms with Gasteiger partial charge in [-0.1, -0.05) is 12.2 Å². The highest BCUT2D eigenvalue weighted by molar-refractivity contribution is 7.91. The highest BCUT2D eigenvalue weighted by atomic mass is 32.2. The second kappa shape index (κ2) is 13.9. The van der Waals surface area contributed by atoms with Gasteiger partial charge in [0.05, 0.1) is 25.9 Å². The molecule has 4 N–H and O–H groups in total. The molecule has 7 atom stereocenters. The monoisotopic (exact) mass is 731 g/mol. The van der Waals surface area contributed by atoms with Crippen LogP contribution < -0.4 is 24.8 Å². The van der Waals surface area contributed by atoms with E-state index in [1.807, 2.05) is 4.72 Å². The lowest BCUT2D eigenvalue weighted by atomic mass is 10.1. The number of aromatic nitrogens is 1. The molecular formula is C34H42FN5O10S. The van der Waals surface area contributed by atoms with Gasteiger partial charge < -0.3 is 34.9 Å². The molecule has 1 saturated heterocycles. The lowest BCUT2D eigenvalue weighted by Gasteiger charge is -2.32. The molecule has 17 heteroatoms. The van der Waals surface area contributed by atoms with E-state index in [1.165, 1.54) is 4.90 Å². The van der Waals surface area contributed by atoms with Gasteiger partial charge in [0.25, 0.3) is 5.91 Å². The maximum absolute atomic E-state index is 14.2. The third-order valence-electron chi connectivity index (χ3n) is 10.2. The number of nitrogens with one attached hydrogen (secondary N) is 3. The number of carboxylic acid groups (broad SMARTS) is 1. The van der Waals surface area contributed by atoms with Crippen LogP contribution in [-0.2, 0) is 29.1 Å². The third-order valence-corrected chi connectivity index (χ3v) is 12.4. The Balaban J connectivity index is 1.33. The highest BCUT2D eigenvalue weighted by Gasteiger charge is 2.64. The predicted molar refractivity (Wildman–Crippen MR) is 180 cm³/mol. The Hall–Kier alpha value is -4.51. The van der Waals surface area contributed by atoms with Crippen molar-refractivity contribution >= 4 is 44.6 Å². The smallest absolute Gasteiger partial charge is 0.405 e. The molecular weight excluding hydrogens is 689 g/mol. The number of carbonyl (C=O) groups is 4. The van der Waals surface area contributed by atoms with E-state index < -0.39 is 87.1 Å². The minimum absolute atomic E-state index is 0.0650. The number of methoxy groups -OCH3 is 1. The molecule has 0 spiro atoms. The molecule has 0 bridgehead atoms. The Bertz CT molecular complexity index is 1860. The van der Waals surface area contributed by atoms with Gasteiger partial charge in [0.15, 0.2) is 0 Å². The summed E-state index contributed by atoms with van der Waals surface area (Å²) < 4.78 is 57.9. The molecule has 2 saturated carbocycles. The largest absolute Gasteiger partial charge is 0.497 e. The lowest BCUT2D eigenvalue weighted by Crippen LogP contribution is -2.60. The van der Waals surface area contributed by atoms with E-state index in [0.717, 1.165) is 5.39 Å². The third kappa shape index (κ3) is 7.18. The number of allylic oxidation sites excluding steroid dienone is 1. The standard InChI is InChI=1S/C34H42FN5O10S/c1-19-6-4-5-7-22-16-34(22,31(43)39-51(46,47)33(18-35)11-12-33)38-28(41)26-15-24(17-40(26)30(42)27(20(2)49-19)37-32(44)45)50-29-25-9-8-23(48-3)14-21(25)10-13-36-29/h5,7-10,13-14,19-20,22,24,26-27,37H,4,6,11-12,15-18H2,1-3H3,(H,38,41)(H,39,43)(H,44,45)/t19-,20+,22-,24-,26+,27+,34-/m1/s1. The molecule has 4 amide bonds. The van der Waals surface area contributed by atoms with Crippen molar-refractivity contribution in [3.8, 4) is 11.6 Å². The molecule has 6 rings (SSSR count). The number of halogens is 1. The first kappa shape index (κ1) is 36.3. The molecule has 4 aliphatic rings. The molecule has 3 fully saturated rings. The van der Waals surface area contributed by atoms with Crippen molar-refractivity contribution in [2.75, 3.05) is 20.3 Å². The fourth-order valence-corrected chi connectivity index (χ4v) is 8.32. The molecule has 15 nitrogen and oxygen atoms in total. The summed E-state index contributed by atoms with van der Waals surface area (Å²) in [5, 5.41) is 16.1. The number of nitrogens with zero attached hydrogens (tertiary/aromatic N) is 2. The first-order valence-electron chi connectivity index (χ1n) is 16.9. The maximum atomic E-state index is 14.2. The average Bonchev–Trinajstić information content (AvgIpc) is 3.99.